The van der Waals surface area contributed by atoms with Crippen molar-refractivity contribution in [3.63, 3.8) is 0 Å². The van der Waals surface area contributed by atoms with Crippen LogP contribution in [-0.2, 0) is 0 Å². The van der Waals surface area contributed by atoms with Crippen molar-refractivity contribution in [3.8, 4) is 0 Å². The Balaban J connectivity index is 0. The molecule has 1 heterocycles. The number of halogens is 2. The van der Waals surface area contributed by atoms with Crippen LogP contribution in [0.15, 0.2) is 12.3 Å². The summed E-state index contributed by atoms with van der Waals surface area (Å²) >= 11 is 0. The molecule has 0 amide bonds. The van der Waals surface area contributed by atoms with Crippen LogP contribution < -0.4 is 5.73 Å². The molecule has 2 N–H and O–H groups in total. The first-order chi connectivity index (χ1) is 3.39. The van der Waals surface area contributed by atoms with E-state index in [1.165, 1.54) is 6.20 Å². The van der Waals surface area contributed by atoms with Gasteiger partial charge in [0.15, 0.2) is 0 Å². The van der Waals surface area contributed by atoms with Gasteiger partial charge in [-0.3, -0.25) is 0 Å². The number of nitrogens with two attached hydrogens (primary N) is 1. The topological polar surface area (TPSA) is 64.7 Å². The molecule has 0 aliphatic heterocycles. The Kier molecular flexibility index (Phi) is 6.89. The fraction of sp³-hybridized carbons (Fsp3) is 0. The van der Waals surface area contributed by atoms with Gasteiger partial charge in [-0.2, -0.15) is 0 Å². The third kappa shape index (κ3) is 3.93. The van der Waals surface area contributed by atoms with Gasteiger partial charge in [0.25, 0.3) is 0 Å². The highest BCUT2D eigenvalue weighted by molar-refractivity contribution is 5.85. The maximum Gasteiger partial charge on any atom is 0.149 e. The quantitative estimate of drug-likeness (QED) is 0.606. The van der Waals surface area contributed by atoms with Crippen molar-refractivity contribution in [1.29, 1.82) is 0 Å². The van der Waals surface area contributed by atoms with E-state index >= 15 is 0 Å². The molecule has 1 aromatic rings. The summed E-state index contributed by atoms with van der Waals surface area (Å²) in [6, 6.07) is 1.58. The van der Waals surface area contributed by atoms with Crippen molar-refractivity contribution in [3.05, 3.63) is 12.3 Å². The summed E-state index contributed by atoms with van der Waals surface area (Å²) in [7, 11) is 0. The molecule has 1 aromatic heterocycles. The van der Waals surface area contributed by atoms with E-state index < -0.39 is 0 Å². The second-order valence-corrected chi connectivity index (χ2v) is 1.05. The number of nitrogen functional groups attached to an aromatic ring is 1. The maximum absolute atomic E-state index is 5.14. The molecule has 0 saturated carbocycles. The molecule has 0 bridgehead atoms. The third-order valence-electron chi connectivity index (χ3n) is 0.524. The van der Waals surface area contributed by atoms with Gasteiger partial charge < -0.3 is 5.73 Å². The van der Waals surface area contributed by atoms with Crippen LogP contribution in [0.2, 0.25) is 0 Å². The molecule has 0 spiro atoms. The molecule has 0 fully saturated rings. The Morgan fingerprint density at radius 3 is 2.22 bits per heavy atom. The number of aromatic nitrogens is 3. The number of hydrogen-bond donors (Lipinski definition) is 1. The molecule has 4 nitrogen and oxygen atoms in total. The van der Waals surface area contributed by atoms with E-state index in [-0.39, 0.29) is 24.8 Å². The summed E-state index contributed by atoms with van der Waals surface area (Å²) in [4.78, 5) is 0. The van der Waals surface area contributed by atoms with Crippen molar-refractivity contribution in [2.45, 2.75) is 0 Å². The van der Waals surface area contributed by atoms with E-state index in [1.807, 2.05) is 0 Å². The molecule has 1 rings (SSSR count). The van der Waals surface area contributed by atoms with Gasteiger partial charge in [-0.15, -0.1) is 35.0 Å². The fourth-order valence-corrected chi connectivity index (χ4v) is 0.250. The summed E-state index contributed by atoms with van der Waals surface area (Å²) in [6.45, 7) is 0. The van der Waals surface area contributed by atoms with Gasteiger partial charge in [0.1, 0.15) is 5.82 Å². The first-order valence-electron chi connectivity index (χ1n) is 1.79. The number of rotatable bonds is 0. The van der Waals surface area contributed by atoms with Gasteiger partial charge in [0, 0.05) is 6.07 Å². The van der Waals surface area contributed by atoms with Crippen LogP contribution in [0.3, 0.4) is 0 Å². The van der Waals surface area contributed by atoms with Crippen molar-refractivity contribution in [2.75, 3.05) is 5.73 Å². The Morgan fingerprint density at radius 1 is 1.33 bits per heavy atom. The summed E-state index contributed by atoms with van der Waals surface area (Å²) in [5.41, 5.74) is 5.14. The van der Waals surface area contributed by atoms with E-state index in [2.05, 4.69) is 15.4 Å². The van der Waals surface area contributed by atoms with Crippen LogP contribution >= 0.6 is 24.8 Å². The highest BCUT2D eigenvalue weighted by Gasteiger charge is 1.76. The van der Waals surface area contributed by atoms with Gasteiger partial charge >= 0.3 is 0 Å². The van der Waals surface area contributed by atoms with Crippen LogP contribution in [0.1, 0.15) is 0 Å². The number of hydrogen-bond acceptors (Lipinski definition) is 4. The van der Waals surface area contributed by atoms with Crippen LogP contribution in [0.25, 0.3) is 0 Å². The predicted molar refractivity (Wildman–Crippen MR) is 38.7 cm³/mol. The Labute approximate surface area is 64.7 Å². The number of anilines is 1. The van der Waals surface area contributed by atoms with E-state index in [4.69, 9.17) is 5.73 Å². The monoisotopic (exact) mass is 168 g/mol. The standard InChI is InChI=1S/C3H4N4.2ClH/c4-3-1-2-5-7-6-3;;/h1-2H,(H2,4,5,6);2*1H. The molecule has 0 atom stereocenters. The number of nitrogens with zero attached hydrogens (tertiary/aromatic N) is 3. The molecular formula is C3H6Cl2N4. The summed E-state index contributed by atoms with van der Waals surface area (Å²) in [5, 5.41) is 10.1. The highest BCUT2D eigenvalue weighted by Crippen LogP contribution is 1.83. The first kappa shape index (κ1) is 11.2. The molecule has 0 radical (unpaired) electrons. The van der Waals surface area contributed by atoms with Gasteiger partial charge in [0.2, 0.25) is 0 Å². The molecule has 6 heteroatoms. The lowest BCUT2D eigenvalue weighted by Gasteiger charge is -1.80. The lowest BCUT2D eigenvalue weighted by molar-refractivity contribution is 0.873. The van der Waals surface area contributed by atoms with Gasteiger partial charge in [-0.1, -0.05) is 0 Å². The van der Waals surface area contributed by atoms with Gasteiger partial charge in [0.05, 0.1) is 6.20 Å². The molecular weight excluding hydrogens is 163 g/mol. The summed E-state index contributed by atoms with van der Waals surface area (Å²) in [5.74, 6) is 0.398. The first-order valence-corrected chi connectivity index (χ1v) is 1.79. The van der Waals surface area contributed by atoms with E-state index in [1.54, 1.807) is 6.07 Å². The van der Waals surface area contributed by atoms with Gasteiger partial charge in [-0.05, 0) is 5.21 Å². The Bertz CT molecular complexity index is 144. The molecule has 0 aromatic carbocycles. The van der Waals surface area contributed by atoms with E-state index in [9.17, 15) is 0 Å². The summed E-state index contributed by atoms with van der Waals surface area (Å²) < 4.78 is 0. The SMILES string of the molecule is Cl.Cl.Nc1ccnnn1. The minimum absolute atomic E-state index is 0. The molecule has 52 valence electrons. The van der Waals surface area contributed by atoms with Gasteiger partial charge in [-0.25, -0.2) is 0 Å². The predicted octanol–water partition coefficient (Wildman–Crippen LogP) is 0.297. The van der Waals surface area contributed by atoms with Crippen LogP contribution in [0.5, 0.6) is 0 Å². The average Bonchev–Trinajstić information content (AvgIpc) is 1.69. The van der Waals surface area contributed by atoms with E-state index in [0.29, 0.717) is 5.82 Å². The Hall–Kier alpha value is -0.610. The zero-order chi connectivity index (χ0) is 5.11. The maximum atomic E-state index is 5.14. The largest absolute Gasteiger partial charge is 0.382 e. The minimum atomic E-state index is 0. The van der Waals surface area contributed by atoms with Crippen molar-refractivity contribution in [2.24, 2.45) is 0 Å². The Morgan fingerprint density at radius 2 is 2.00 bits per heavy atom. The van der Waals surface area contributed by atoms with E-state index in [0.717, 1.165) is 0 Å². The average molecular weight is 169 g/mol. The summed E-state index contributed by atoms with van der Waals surface area (Å²) in [6.07, 6.45) is 1.49. The lowest BCUT2D eigenvalue weighted by Crippen LogP contribution is -1.91. The molecule has 0 aliphatic carbocycles. The lowest BCUT2D eigenvalue weighted by atomic mass is 10.6. The smallest absolute Gasteiger partial charge is 0.149 e. The van der Waals surface area contributed by atoms with Crippen molar-refractivity contribution in [1.82, 2.24) is 15.4 Å². The van der Waals surface area contributed by atoms with Crippen LogP contribution in [0, 0.1) is 0 Å². The molecule has 0 aliphatic rings. The molecule has 0 saturated heterocycles. The fourth-order valence-electron chi connectivity index (χ4n) is 0.250. The second kappa shape index (κ2) is 5.53. The normalized spacial score (nSPS) is 6.67. The minimum Gasteiger partial charge on any atom is -0.382 e. The zero-order valence-electron chi connectivity index (χ0n) is 4.39. The second-order valence-electron chi connectivity index (χ2n) is 1.05. The molecule has 9 heavy (non-hydrogen) atoms. The third-order valence-corrected chi connectivity index (χ3v) is 0.524. The molecule has 0 unspecified atom stereocenters. The zero-order valence-corrected chi connectivity index (χ0v) is 6.02. The van der Waals surface area contributed by atoms with Crippen LogP contribution in [0.4, 0.5) is 5.82 Å². The van der Waals surface area contributed by atoms with Crippen molar-refractivity contribution < 1.29 is 0 Å². The van der Waals surface area contributed by atoms with Crippen LogP contribution in [-0.4, -0.2) is 15.4 Å². The highest BCUT2D eigenvalue weighted by atomic mass is 35.5. The van der Waals surface area contributed by atoms with Crippen molar-refractivity contribution >= 4 is 30.6 Å².